The monoisotopic (exact) mass is 390 g/mol. The molecular weight excluding hydrogens is 372 g/mol. The van der Waals surface area contributed by atoms with Gasteiger partial charge in [0.1, 0.15) is 24.4 Å². The number of nitrogens with one attached hydrogen (secondary N) is 2. The fraction of sp³-hybridized carbons (Fsp3) is 0.150. The van der Waals surface area contributed by atoms with Crippen LogP contribution in [0.25, 0.3) is 11.0 Å². The van der Waals surface area contributed by atoms with Gasteiger partial charge in [-0.2, -0.15) is 5.10 Å². The molecule has 0 fully saturated rings. The van der Waals surface area contributed by atoms with Crippen molar-refractivity contribution in [2.45, 2.75) is 19.4 Å². The zero-order valence-corrected chi connectivity index (χ0v) is 15.6. The minimum atomic E-state index is -0.492. The number of aromatic nitrogens is 4. The third kappa shape index (κ3) is 4.13. The van der Waals surface area contributed by atoms with Crippen LogP contribution in [-0.2, 0) is 16.0 Å². The summed E-state index contributed by atoms with van der Waals surface area (Å²) in [6.07, 6.45) is 2.97. The molecule has 146 valence electrons. The topological polar surface area (TPSA) is 115 Å². The van der Waals surface area contributed by atoms with E-state index < -0.39 is 6.04 Å². The molecule has 0 saturated carbocycles. The molecule has 9 heteroatoms. The molecule has 0 spiro atoms. The fourth-order valence-corrected chi connectivity index (χ4v) is 2.84. The Balaban J connectivity index is 1.35. The molecule has 0 aliphatic heterocycles. The van der Waals surface area contributed by atoms with Crippen LogP contribution in [0.2, 0.25) is 0 Å². The molecule has 0 unspecified atom stereocenters. The first-order chi connectivity index (χ1) is 14.1. The molecule has 29 heavy (non-hydrogen) atoms. The summed E-state index contributed by atoms with van der Waals surface area (Å²) in [7, 11) is 0. The van der Waals surface area contributed by atoms with Crippen molar-refractivity contribution in [2.75, 3.05) is 10.6 Å². The van der Waals surface area contributed by atoms with Crippen LogP contribution >= 0.6 is 0 Å². The number of para-hydroxylation sites is 1. The van der Waals surface area contributed by atoms with Crippen LogP contribution in [0, 0.1) is 0 Å². The minimum absolute atomic E-state index is 0.102. The van der Waals surface area contributed by atoms with Gasteiger partial charge in [-0.15, -0.1) is 0 Å². The fourth-order valence-electron chi connectivity index (χ4n) is 2.84. The van der Waals surface area contributed by atoms with Gasteiger partial charge in [0.15, 0.2) is 5.58 Å². The van der Waals surface area contributed by atoms with Gasteiger partial charge in [0, 0.05) is 16.8 Å². The molecule has 0 radical (unpaired) electrons. The van der Waals surface area contributed by atoms with Gasteiger partial charge in [0.2, 0.25) is 11.8 Å². The average Bonchev–Trinajstić information content (AvgIpc) is 3.39. The number of amides is 2. The van der Waals surface area contributed by atoms with E-state index in [1.807, 2.05) is 18.2 Å². The first kappa shape index (κ1) is 18.4. The number of carbonyl (C=O) groups excluding carboxylic acids is 2. The second kappa shape index (κ2) is 7.93. The Morgan fingerprint density at radius 1 is 1.07 bits per heavy atom. The predicted molar refractivity (Wildman–Crippen MR) is 106 cm³/mol. The highest BCUT2D eigenvalue weighted by molar-refractivity contribution is 5.96. The number of benzene rings is 2. The molecule has 9 nitrogen and oxygen atoms in total. The molecule has 2 aromatic heterocycles. The maximum absolute atomic E-state index is 12.3. The normalized spacial score (nSPS) is 11.9. The highest BCUT2D eigenvalue weighted by atomic mass is 16.5. The van der Waals surface area contributed by atoms with Crippen molar-refractivity contribution in [3.05, 3.63) is 66.9 Å². The smallest absolute Gasteiger partial charge is 0.249 e. The minimum Gasteiger partial charge on any atom is -0.356 e. The second-order valence-corrected chi connectivity index (χ2v) is 6.47. The van der Waals surface area contributed by atoms with E-state index >= 15 is 0 Å². The standard InChI is InChI=1S/C20H18N6O3/c1-13(26-12-21-11-22-26)20(28)24-15-8-6-14(7-9-15)23-19(27)10-17-16-4-2-3-5-18(16)29-25-17/h2-9,11-13H,10H2,1H3,(H,23,27)(H,24,28)/t13-/m1/s1. The van der Waals surface area contributed by atoms with Gasteiger partial charge in [-0.3, -0.25) is 9.59 Å². The highest BCUT2D eigenvalue weighted by Gasteiger charge is 2.16. The van der Waals surface area contributed by atoms with Gasteiger partial charge in [0.25, 0.3) is 0 Å². The van der Waals surface area contributed by atoms with Crippen molar-refractivity contribution in [1.82, 2.24) is 19.9 Å². The van der Waals surface area contributed by atoms with Crippen molar-refractivity contribution in [3.63, 3.8) is 0 Å². The van der Waals surface area contributed by atoms with E-state index in [1.165, 1.54) is 17.3 Å². The summed E-state index contributed by atoms with van der Waals surface area (Å²) < 4.78 is 6.69. The predicted octanol–water partition coefficient (Wildman–Crippen LogP) is 2.80. The number of fused-ring (bicyclic) bond motifs is 1. The van der Waals surface area contributed by atoms with E-state index in [4.69, 9.17) is 4.52 Å². The molecule has 0 saturated heterocycles. The van der Waals surface area contributed by atoms with Crippen molar-refractivity contribution < 1.29 is 14.1 Å². The summed E-state index contributed by atoms with van der Waals surface area (Å²) in [6.45, 7) is 1.73. The Labute approximate surface area is 165 Å². The first-order valence-electron chi connectivity index (χ1n) is 8.98. The van der Waals surface area contributed by atoms with Gasteiger partial charge in [-0.05, 0) is 43.3 Å². The van der Waals surface area contributed by atoms with E-state index in [0.29, 0.717) is 22.7 Å². The molecule has 2 N–H and O–H groups in total. The Morgan fingerprint density at radius 2 is 1.79 bits per heavy atom. The molecule has 2 aromatic carbocycles. The van der Waals surface area contributed by atoms with Crippen LogP contribution in [0.3, 0.4) is 0 Å². The molecule has 4 aromatic rings. The summed E-state index contributed by atoms with van der Waals surface area (Å²) in [5.74, 6) is -0.425. The lowest BCUT2D eigenvalue weighted by Gasteiger charge is -2.12. The average molecular weight is 390 g/mol. The van der Waals surface area contributed by atoms with Gasteiger partial charge in [-0.25, -0.2) is 9.67 Å². The van der Waals surface area contributed by atoms with Crippen LogP contribution < -0.4 is 10.6 Å². The number of anilines is 2. The number of carbonyl (C=O) groups is 2. The number of hydrogen-bond donors (Lipinski definition) is 2. The lowest BCUT2D eigenvalue weighted by molar-refractivity contribution is -0.119. The molecule has 0 aliphatic rings. The maximum Gasteiger partial charge on any atom is 0.249 e. The summed E-state index contributed by atoms with van der Waals surface area (Å²) in [4.78, 5) is 28.4. The Hall–Kier alpha value is -4.01. The molecule has 4 rings (SSSR count). The summed E-state index contributed by atoms with van der Waals surface area (Å²) in [5.41, 5.74) is 2.46. The van der Waals surface area contributed by atoms with E-state index in [2.05, 4.69) is 25.9 Å². The van der Waals surface area contributed by atoms with E-state index in [9.17, 15) is 9.59 Å². The third-order valence-electron chi connectivity index (χ3n) is 4.43. The highest BCUT2D eigenvalue weighted by Crippen LogP contribution is 2.19. The molecule has 2 heterocycles. The van der Waals surface area contributed by atoms with Gasteiger partial charge < -0.3 is 15.2 Å². The Bertz CT molecular complexity index is 1130. The Kier molecular flexibility index (Phi) is 5.02. The SMILES string of the molecule is C[C@H](C(=O)Nc1ccc(NC(=O)Cc2noc3ccccc23)cc1)n1cncn1. The molecule has 2 amide bonds. The lowest BCUT2D eigenvalue weighted by Crippen LogP contribution is -2.24. The molecule has 0 aliphatic carbocycles. The number of nitrogens with zero attached hydrogens (tertiary/aromatic N) is 4. The number of rotatable bonds is 6. The summed E-state index contributed by atoms with van der Waals surface area (Å²) >= 11 is 0. The van der Waals surface area contributed by atoms with Gasteiger partial charge >= 0.3 is 0 Å². The number of hydrogen-bond acceptors (Lipinski definition) is 6. The van der Waals surface area contributed by atoms with Gasteiger partial charge in [-0.1, -0.05) is 17.3 Å². The zero-order valence-electron chi connectivity index (χ0n) is 15.6. The van der Waals surface area contributed by atoms with Crippen molar-refractivity contribution in [3.8, 4) is 0 Å². The van der Waals surface area contributed by atoms with Crippen LogP contribution in [0.15, 0.2) is 65.7 Å². The van der Waals surface area contributed by atoms with Crippen molar-refractivity contribution in [2.24, 2.45) is 0 Å². The van der Waals surface area contributed by atoms with Gasteiger partial charge in [0.05, 0.1) is 6.42 Å². The molecule has 1 atom stereocenters. The summed E-state index contributed by atoms with van der Waals surface area (Å²) in [6, 6.07) is 13.8. The van der Waals surface area contributed by atoms with Crippen LogP contribution in [-0.4, -0.2) is 31.7 Å². The second-order valence-electron chi connectivity index (χ2n) is 6.47. The lowest BCUT2D eigenvalue weighted by atomic mass is 10.1. The zero-order chi connectivity index (χ0) is 20.2. The molecule has 0 bridgehead atoms. The molecular formula is C20H18N6O3. The van der Waals surface area contributed by atoms with E-state index in [0.717, 1.165) is 5.39 Å². The largest absolute Gasteiger partial charge is 0.356 e. The van der Waals surface area contributed by atoms with Crippen molar-refractivity contribution in [1.29, 1.82) is 0 Å². The first-order valence-corrected chi connectivity index (χ1v) is 8.98. The van der Waals surface area contributed by atoms with Crippen LogP contribution in [0.5, 0.6) is 0 Å². The van der Waals surface area contributed by atoms with Crippen LogP contribution in [0.4, 0.5) is 11.4 Å². The summed E-state index contributed by atoms with van der Waals surface area (Å²) in [5, 5.41) is 14.4. The Morgan fingerprint density at radius 3 is 2.52 bits per heavy atom. The van der Waals surface area contributed by atoms with E-state index in [-0.39, 0.29) is 18.2 Å². The van der Waals surface area contributed by atoms with Crippen LogP contribution in [0.1, 0.15) is 18.7 Å². The van der Waals surface area contributed by atoms with Crippen molar-refractivity contribution >= 4 is 34.2 Å². The maximum atomic E-state index is 12.3. The quantitative estimate of drug-likeness (QED) is 0.523. The van der Waals surface area contributed by atoms with E-state index in [1.54, 1.807) is 37.3 Å². The third-order valence-corrected chi connectivity index (χ3v) is 4.43.